The number of nitrogens with zero attached hydrogens (tertiary/aromatic N) is 2. The third-order valence-corrected chi connectivity index (χ3v) is 11.4. The molecule has 0 unspecified atom stereocenters. The first-order valence-corrected chi connectivity index (χ1v) is 21.3. The molecule has 2 aliphatic rings. The fraction of sp³-hybridized carbons (Fsp3) is 0.400. The molecule has 64 heavy (non-hydrogen) atoms. The van der Waals surface area contributed by atoms with Crippen molar-refractivity contribution in [2.75, 3.05) is 52.4 Å². The minimum Gasteiger partial charge on any atom is -0.412 e. The standard InChI is InChI=1S/C50H64N6.6BrH.2H2O/c1-40-18-20-47(21-19-40)50(48-16-4-14-45(32-48)38-55-26-6-22-51-34-41-10-2-11-42(30-41)35-52-23-7-27-55)49-17-5-15-46(33-49)39-56-28-8-24-53-36-43-12-3-13-44(31-43)37-54-25-9-29-56;;;;;;;;/h2-5,10-21,30-33,50-54H,6-9,22-29,34-39H2,1H3;6*1H;2*1H2. The van der Waals surface area contributed by atoms with Gasteiger partial charge in [0.15, 0.2) is 0 Å². The first-order chi connectivity index (χ1) is 27.6. The summed E-state index contributed by atoms with van der Waals surface area (Å²) in [6, 6.07) is 46.1. The van der Waals surface area contributed by atoms with Gasteiger partial charge in [0, 0.05) is 45.2 Å². The summed E-state index contributed by atoms with van der Waals surface area (Å²) in [5.74, 6) is 0.171. The molecule has 5 aromatic rings. The first kappa shape index (κ1) is 64.7. The van der Waals surface area contributed by atoms with Gasteiger partial charge in [0.05, 0.1) is 0 Å². The Hall–Kier alpha value is -1.34. The van der Waals surface area contributed by atoms with Crippen LogP contribution < -0.4 is 21.3 Å². The van der Waals surface area contributed by atoms with Crippen LogP contribution in [0.4, 0.5) is 0 Å². The third kappa shape index (κ3) is 21.3. The second kappa shape index (κ2) is 35.8. The molecule has 14 heteroatoms. The summed E-state index contributed by atoms with van der Waals surface area (Å²) in [5, 5.41) is 14.8. The smallest absolute Gasteiger partial charge is 0.0340 e. The summed E-state index contributed by atoms with van der Waals surface area (Å²) in [6.45, 7) is 16.4. The van der Waals surface area contributed by atoms with Gasteiger partial charge in [0.25, 0.3) is 0 Å². The number of hydrogen-bond acceptors (Lipinski definition) is 6. The van der Waals surface area contributed by atoms with Gasteiger partial charge in [-0.25, -0.2) is 0 Å². The molecule has 0 atom stereocenters. The van der Waals surface area contributed by atoms with Crippen LogP contribution in [-0.4, -0.2) is 73.1 Å². The minimum absolute atomic E-state index is 0. The van der Waals surface area contributed by atoms with Crippen LogP contribution in [-0.2, 0) is 39.3 Å². The van der Waals surface area contributed by atoms with E-state index in [4.69, 9.17) is 0 Å². The fourth-order valence-corrected chi connectivity index (χ4v) is 8.48. The van der Waals surface area contributed by atoms with Crippen LogP contribution in [0.5, 0.6) is 0 Å². The van der Waals surface area contributed by atoms with Gasteiger partial charge < -0.3 is 32.2 Å². The number of rotatable bonds is 7. The van der Waals surface area contributed by atoms with Crippen molar-refractivity contribution >= 4 is 102 Å². The van der Waals surface area contributed by atoms with Gasteiger partial charge in [-0.1, -0.05) is 127 Å². The van der Waals surface area contributed by atoms with Crippen molar-refractivity contribution in [1.29, 1.82) is 0 Å². The Balaban J connectivity index is 0. The van der Waals surface area contributed by atoms with Crippen LogP contribution >= 0.6 is 102 Å². The maximum Gasteiger partial charge on any atom is 0.0340 e. The highest BCUT2D eigenvalue weighted by molar-refractivity contribution is 8.93. The van der Waals surface area contributed by atoms with Crippen LogP contribution in [0.1, 0.15) is 87.2 Å². The number of fused-ring (bicyclic) bond motifs is 4. The Kier molecular flexibility index (Phi) is 36.2. The number of nitrogens with one attached hydrogen (secondary N) is 4. The molecule has 0 saturated heterocycles. The van der Waals surface area contributed by atoms with E-state index in [0.29, 0.717) is 0 Å². The lowest BCUT2D eigenvalue weighted by molar-refractivity contribution is 0.256. The number of aryl methyl sites for hydroxylation is 1. The Morgan fingerprint density at radius 2 is 0.734 bits per heavy atom. The largest absolute Gasteiger partial charge is 0.412 e. The topological polar surface area (TPSA) is 118 Å². The highest BCUT2D eigenvalue weighted by atomic mass is 79.9. The second-order valence-electron chi connectivity index (χ2n) is 16.1. The molecule has 0 fully saturated rings. The summed E-state index contributed by atoms with van der Waals surface area (Å²) < 4.78 is 0. The first-order valence-electron chi connectivity index (χ1n) is 21.3. The minimum atomic E-state index is 0. The normalized spacial score (nSPS) is 15.3. The van der Waals surface area contributed by atoms with Crippen LogP contribution in [0, 0.1) is 6.92 Å². The van der Waals surface area contributed by atoms with Crippen LogP contribution in [0.15, 0.2) is 121 Å². The summed E-state index contributed by atoms with van der Waals surface area (Å²) in [4.78, 5) is 5.33. The maximum atomic E-state index is 3.69. The summed E-state index contributed by atoms with van der Waals surface area (Å²) in [6.07, 6.45) is 4.57. The summed E-state index contributed by atoms with van der Waals surface area (Å²) >= 11 is 0. The molecule has 2 aliphatic heterocycles. The predicted molar refractivity (Wildman–Crippen MR) is 303 cm³/mol. The van der Waals surface area contributed by atoms with Crippen molar-refractivity contribution in [2.24, 2.45) is 0 Å². The molecule has 0 radical (unpaired) electrons. The highest BCUT2D eigenvalue weighted by Crippen LogP contribution is 2.33. The quantitative estimate of drug-likeness (QED) is 0.121. The van der Waals surface area contributed by atoms with Crippen LogP contribution in [0.2, 0.25) is 0 Å². The van der Waals surface area contributed by atoms with Crippen molar-refractivity contribution < 1.29 is 11.0 Å². The van der Waals surface area contributed by atoms with Crippen molar-refractivity contribution in [3.63, 3.8) is 0 Å². The summed E-state index contributed by atoms with van der Waals surface area (Å²) in [7, 11) is 0. The zero-order valence-corrected chi connectivity index (χ0v) is 47.5. The molecule has 0 aliphatic carbocycles. The summed E-state index contributed by atoms with van der Waals surface area (Å²) in [5.41, 5.74) is 13.7. The van der Waals surface area contributed by atoms with Crippen LogP contribution in [0.25, 0.3) is 0 Å². The van der Waals surface area contributed by atoms with E-state index in [0.717, 1.165) is 117 Å². The lowest BCUT2D eigenvalue weighted by Gasteiger charge is -2.26. The van der Waals surface area contributed by atoms with Gasteiger partial charge in [-0.3, -0.25) is 9.80 Å². The van der Waals surface area contributed by atoms with Gasteiger partial charge in [-0.2, -0.15) is 0 Å². The highest BCUT2D eigenvalue weighted by Gasteiger charge is 2.19. The SMILES string of the molecule is Br.Br.Br.Br.Br.Br.Cc1ccc(C(c2cccc(CN3CCCNCc4cccc(c4)CNCCC3)c2)c2cccc(CN3CCCNCc4cccc(c4)CNCCC3)c2)cc1.O.O. The van der Waals surface area contributed by atoms with Crippen molar-refractivity contribution in [3.05, 3.63) is 177 Å². The van der Waals surface area contributed by atoms with Gasteiger partial charge in [-0.15, -0.1) is 102 Å². The fourth-order valence-electron chi connectivity index (χ4n) is 8.48. The molecule has 0 aromatic heterocycles. The number of benzene rings is 5. The van der Waals surface area contributed by atoms with E-state index >= 15 is 0 Å². The van der Waals surface area contributed by atoms with E-state index in [1.165, 1.54) is 55.6 Å². The maximum absolute atomic E-state index is 3.69. The van der Waals surface area contributed by atoms with E-state index in [-0.39, 0.29) is 119 Å². The molecular formula is C50H74Br6N6O2. The molecule has 4 bridgehead atoms. The Bertz CT molecular complexity index is 1790. The van der Waals surface area contributed by atoms with Crippen molar-refractivity contribution in [2.45, 2.75) is 77.8 Å². The molecule has 5 aromatic carbocycles. The zero-order chi connectivity index (χ0) is 38.2. The van der Waals surface area contributed by atoms with Gasteiger partial charge in [0.2, 0.25) is 0 Å². The Morgan fingerprint density at radius 3 is 1.08 bits per heavy atom. The van der Waals surface area contributed by atoms with Crippen molar-refractivity contribution in [1.82, 2.24) is 31.1 Å². The predicted octanol–water partition coefficient (Wildman–Crippen LogP) is 9.94. The Labute approximate surface area is 447 Å². The molecule has 0 saturated carbocycles. The van der Waals surface area contributed by atoms with Crippen molar-refractivity contribution in [3.8, 4) is 0 Å². The average molecular weight is 1270 g/mol. The molecular weight excluding hydrogens is 1200 g/mol. The van der Waals surface area contributed by atoms with Crippen LogP contribution in [0.3, 0.4) is 0 Å². The van der Waals surface area contributed by atoms with E-state index in [1.54, 1.807) is 0 Å². The van der Waals surface area contributed by atoms with Gasteiger partial charge >= 0.3 is 0 Å². The van der Waals surface area contributed by atoms with E-state index in [2.05, 4.69) is 159 Å². The molecule has 7 rings (SSSR count). The van der Waals surface area contributed by atoms with E-state index in [9.17, 15) is 0 Å². The molecule has 358 valence electrons. The van der Waals surface area contributed by atoms with Gasteiger partial charge in [0.1, 0.15) is 0 Å². The molecule has 0 spiro atoms. The Morgan fingerprint density at radius 1 is 0.406 bits per heavy atom. The average Bonchev–Trinajstić information content (AvgIpc) is 3.21. The third-order valence-electron chi connectivity index (χ3n) is 11.4. The van der Waals surface area contributed by atoms with E-state index < -0.39 is 0 Å². The number of hydrogen-bond donors (Lipinski definition) is 4. The molecule has 8 nitrogen and oxygen atoms in total. The molecule has 0 amide bonds. The molecule has 8 N–H and O–H groups in total. The number of halogens is 6. The lowest BCUT2D eigenvalue weighted by atomic mass is 9.83. The lowest BCUT2D eigenvalue weighted by Crippen LogP contribution is -2.30. The second-order valence-corrected chi connectivity index (χ2v) is 16.1. The molecule has 2 heterocycles. The van der Waals surface area contributed by atoms with E-state index in [1.807, 2.05) is 0 Å². The zero-order valence-electron chi connectivity index (χ0n) is 37.2. The monoisotopic (exact) mass is 1260 g/mol. The van der Waals surface area contributed by atoms with Gasteiger partial charge in [-0.05, 0) is 135 Å².